The molecule has 4 rings (SSSR count). The average Bonchev–Trinajstić information content (AvgIpc) is 3.42. The molecule has 11 heteroatoms. The number of nitrogens with zero attached hydrogens (tertiary/aromatic N) is 2. The summed E-state index contributed by atoms with van der Waals surface area (Å²) in [5, 5.41) is 10.9. The highest BCUT2D eigenvalue weighted by Crippen LogP contribution is 2.30. The molecule has 0 spiro atoms. The maximum atomic E-state index is 13.0. The third-order valence-corrected chi connectivity index (χ3v) is 6.66. The Morgan fingerprint density at radius 1 is 1.16 bits per heavy atom. The predicted molar refractivity (Wildman–Crippen MR) is 141 cm³/mol. The van der Waals surface area contributed by atoms with Crippen molar-refractivity contribution in [1.29, 1.82) is 0 Å². The molecule has 2 aromatic carbocycles. The lowest BCUT2D eigenvalue weighted by atomic mass is 10.1. The molecule has 9 nitrogen and oxygen atoms in total. The zero-order valence-electron chi connectivity index (χ0n) is 20.3. The van der Waals surface area contributed by atoms with E-state index in [-0.39, 0.29) is 28.0 Å². The number of hydrogen-bond donors (Lipinski definition) is 1. The molecule has 0 aliphatic carbocycles. The Morgan fingerprint density at radius 3 is 2.51 bits per heavy atom. The van der Waals surface area contributed by atoms with Gasteiger partial charge in [-0.15, -0.1) is 0 Å². The van der Waals surface area contributed by atoms with Gasteiger partial charge in [-0.3, -0.25) is 4.79 Å². The molecule has 0 radical (unpaired) electrons. The predicted octanol–water partition coefficient (Wildman–Crippen LogP) is 4.87. The topological polar surface area (TPSA) is 132 Å². The number of hydrogen-bond acceptors (Lipinski definition) is 7. The number of halogens is 1. The molecule has 2 N–H and O–H groups in total. The molecule has 2 heterocycles. The third-order valence-electron chi connectivity index (χ3n) is 5.40. The molecule has 0 atom stereocenters. The van der Waals surface area contributed by atoms with Crippen LogP contribution >= 0.6 is 11.6 Å². The molecule has 1 aromatic heterocycles. The lowest BCUT2D eigenvalue weighted by Gasteiger charge is -2.12. The van der Waals surface area contributed by atoms with Gasteiger partial charge in [-0.2, -0.15) is 10.1 Å². The Balaban J connectivity index is 1.56. The number of nitrogens with two attached hydrogens (primary N) is 1. The van der Waals surface area contributed by atoms with E-state index in [9.17, 15) is 18.0 Å². The van der Waals surface area contributed by atoms with Crippen molar-refractivity contribution in [3.05, 3.63) is 76.5 Å². The number of amides is 1. The Labute approximate surface area is 219 Å². The van der Waals surface area contributed by atoms with Crippen LogP contribution in [-0.4, -0.2) is 32.6 Å². The molecule has 0 fully saturated rings. The number of anilines is 1. The van der Waals surface area contributed by atoms with Crippen molar-refractivity contribution in [2.24, 2.45) is 16.2 Å². The summed E-state index contributed by atoms with van der Waals surface area (Å²) in [4.78, 5) is 25.4. The van der Waals surface area contributed by atoms with Crippen molar-refractivity contribution < 1.29 is 27.2 Å². The number of rotatable bonds is 7. The van der Waals surface area contributed by atoms with Crippen LogP contribution in [0.3, 0.4) is 0 Å². The first kappa shape index (κ1) is 26.3. The summed E-state index contributed by atoms with van der Waals surface area (Å²) in [6, 6.07) is 13.8. The van der Waals surface area contributed by atoms with Gasteiger partial charge in [-0.1, -0.05) is 25.4 Å². The largest absolute Gasteiger partial charge is 0.462 e. The molecule has 0 saturated carbocycles. The van der Waals surface area contributed by atoms with E-state index in [1.165, 1.54) is 29.3 Å². The molecule has 1 aliphatic heterocycles. The number of primary sulfonamides is 1. The van der Waals surface area contributed by atoms with Crippen LogP contribution in [0.2, 0.25) is 5.02 Å². The summed E-state index contributed by atoms with van der Waals surface area (Å²) in [6.45, 7) is 5.84. The number of carbonyl (C=O) groups is 2. The second kappa shape index (κ2) is 10.3. The number of benzene rings is 2. The van der Waals surface area contributed by atoms with Gasteiger partial charge in [-0.05, 0) is 73.5 Å². The van der Waals surface area contributed by atoms with E-state index in [2.05, 4.69) is 5.10 Å². The van der Waals surface area contributed by atoms with Crippen molar-refractivity contribution in [1.82, 2.24) is 0 Å². The van der Waals surface area contributed by atoms with Gasteiger partial charge in [0, 0.05) is 5.56 Å². The summed E-state index contributed by atoms with van der Waals surface area (Å²) >= 11 is 6.21. The second-order valence-electron chi connectivity index (χ2n) is 8.79. The van der Waals surface area contributed by atoms with Gasteiger partial charge < -0.3 is 9.15 Å². The molecule has 3 aromatic rings. The Morgan fingerprint density at radius 2 is 1.86 bits per heavy atom. The minimum atomic E-state index is -3.85. The summed E-state index contributed by atoms with van der Waals surface area (Å²) in [5.41, 5.74) is 2.00. The Kier molecular flexibility index (Phi) is 7.35. The first-order chi connectivity index (χ1) is 17.4. The molecule has 1 amide bonds. The average molecular weight is 542 g/mol. The maximum absolute atomic E-state index is 13.0. The highest BCUT2D eigenvalue weighted by atomic mass is 35.5. The van der Waals surface area contributed by atoms with Crippen LogP contribution in [0, 0.1) is 5.92 Å². The van der Waals surface area contributed by atoms with Gasteiger partial charge in [-0.25, -0.2) is 18.4 Å². The van der Waals surface area contributed by atoms with E-state index in [1.54, 1.807) is 43.3 Å². The van der Waals surface area contributed by atoms with E-state index in [1.807, 2.05) is 13.8 Å². The molecule has 0 saturated heterocycles. The van der Waals surface area contributed by atoms with Crippen molar-refractivity contribution in [3.8, 4) is 11.3 Å². The first-order valence-corrected chi connectivity index (χ1v) is 13.2. The van der Waals surface area contributed by atoms with Gasteiger partial charge in [0.05, 0.1) is 39.1 Å². The molecular formula is C26H24ClN3O6S. The van der Waals surface area contributed by atoms with E-state index in [4.69, 9.17) is 25.9 Å². The molecule has 0 bridgehead atoms. The Hall–Kier alpha value is -3.73. The van der Waals surface area contributed by atoms with Crippen LogP contribution in [-0.2, 0) is 19.6 Å². The Bertz CT molecular complexity index is 1540. The molecule has 0 unspecified atom stereocenters. The van der Waals surface area contributed by atoms with Crippen LogP contribution in [0.1, 0.15) is 36.9 Å². The first-order valence-electron chi connectivity index (χ1n) is 11.3. The van der Waals surface area contributed by atoms with Gasteiger partial charge in [0.15, 0.2) is 0 Å². The zero-order valence-corrected chi connectivity index (χ0v) is 21.8. The second-order valence-corrected chi connectivity index (χ2v) is 10.8. The number of sulfonamides is 1. The molecule has 192 valence electrons. The van der Waals surface area contributed by atoms with Gasteiger partial charge in [0.2, 0.25) is 10.0 Å². The maximum Gasteiger partial charge on any atom is 0.339 e. The number of ether oxygens (including phenoxy) is 1. The van der Waals surface area contributed by atoms with E-state index in [0.29, 0.717) is 34.1 Å². The van der Waals surface area contributed by atoms with Crippen LogP contribution in [0.5, 0.6) is 0 Å². The summed E-state index contributed by atoms with van der Waals surface area (Å²) in [5.74, 6) is 0.139. The van der Waals surface area contributed by atoms with E-state index < -0.39 is 21.9 Å². The summed E-state index contributed by atoms with van der Waals surface area (Å²) in [6.07, 6.45) is 1.57. The highest BCUT2D eigenvalue weighted by Gasteiger charge is 2.29. The quantitative estimate of drug-likeness (QED) is 0.335. The van der Waals surface area contributed by atoms with Gasteiger partial charge >= 0.3 is 5.97 Å². The number of carbonyl (C=O) groups excluding carboxylic acids is 2. The van der Waals surface area contributed by atoms with Crippen molar-refractivity contribution >= 4 is 51.0 Å². The smallest absolute Gasteiger partial charge is 0.339 e. The van der Waals surface area contributed by atoms with E-state index in [0.717, 1.165) is 0 Å². The standard InChI is InChI=1S/C26H24ClN3O6S/c1-15(2)14-35-26(32)22-12-17(4-10-23(22)27)24-11-7-19(36-24)13-21-16(3)29-30(25(21)31)18-5-8-20(9-6-18)37(28,33)34/h4-13,15H,14H2,1-3H3,(H2,28,33,34)/b21-13+. The van der Waals surface area contributed by atoms with Crippen LogP contribution in [0.15, 0.2) is 74.6 Å². The molecule has 37 heavy (non-hydrogen) atoms. The van der Waals surface area contributed by atoms with Crippen LogP contribution in [0.25, 0.3) is 17.4 Å². The van der Waals surface area contributed by atoms with Crippen LogP contribution in [0.4, 0.5) is 5.69 Å². The van der Waals surface area contributed by atoms with Gasteiger partial charge in [0.1, 0.15) is 11.5 Å². The normalized spacial score (nSPS) is 15.0. The minimum Gasteiger partial charge on any atom is -0.462 e. The fourth-order valence-corrected chi connectivity index (χ4v) is 4.23. The zero-order chi connectivity index (χ0) is 26.9. The highest BCUT2D eigenvalue weighted by molar-refractivity contribution is 7.89. The number of esters is 1. The molecular weight excluding hydrogens is 518 g/mol. The summed E-state index contributed by atoms with van der Waals surface area (Å²) in [7, 11) is -3.85. The fourth-order valence-electron chi connectivity index (χ4n) is 3.52. The number of furan rings is 1. The molecule has 1 aliphatic rings. The third kappa shape index (κ3) is 5.82. The monoisotopic (exact) mass is 541 g/mol. The van der Waals surface area contributed by atoms with E-state index >= 15 is 0 Å². The van der Waals surface area contributed by atoms with Crippen molar-refractivity contribution in [2.45, 2.75) is 25.7 Å². The van der Waals surface area contributed by atoms with Crippen LogP contribution < -0.4 is 10.1 Å². The summed E-state index contributed by atoms with van der Waals surface area (Å²) < 4.78 is 34.2. The van der Waals surface area contributed by atoms with Crippen molar-refractivity contribution in [3.63, 3.8) is 0 Å². The lowest BCUT2D eigenvalue weighted by Crippen LogP contribution is -2.21. The fraction of sp³-hybridized carbons (Fsp3) is 0.192. The minimum absolute atomic E-state index is 0.0685. The van der Waals surface area contributed by atoms with Gasteiger partial charge in [0.25, 0.3) is 5.91 Å². The lowest BCUT2D eigenvalue weighted by molar-refractivity contribution is -0.114. The van der Waals surface area contributed by atoms with Crippen molar-refractivity contribution in [2.75, 3.05) is 11.6 Å². The SMILES string of the molecule is CC1=NN(c2ccc(S(N)(=O)=O)cc2)C(=O)/C1=C/c1ccc(-c2ccc(Cl)c(C(=O)OCC(C)C)c2)o1. The number of hydrazone groups is 1.